The van der Waals surface area contributed by atoms with Gasteiger partial charge in [0.2, 0.25) is 5.91 Å². The molecule has 35 heavy (non-hydrogen) atoms. The monoisotopic (exact) mass is 498 g/mol. The van der Waals surface area contributed by atoms with Gasteiger partial charge >= 0.3 is 5.97 Å². The van der Waals surface area contributed by atoms with E-state index >= 15 is 0 Å². The topological polar surface area (TPSA) is 97.9 Å². The highest BCUT2D eigenvalue weighted by atomic mass is 35.5. The Bertz CT molecular complexity index is 1190. The van der Waals surface area contributed by atoms with Gasteiger partial charge in [-0.1, -0.05) is 11.6 Å². The van der Waals surface area contributed by atoms with Crippen molar-refractivity contribution >= 4 is 29.4 Å². The predicted octanol–water partition coefficient (Wildman–Crippen LogP) is 3.66. The number of likely N-dealkylation sites (tertiary alicyclic amines) is 1. The van der Waals surface area contributed by atoms with Crippen molar-refractivity contribution in [2.45, 2.75) is 19.8 Å². The number of hydrogen-bond donors (Lipinski definition) is 0. The number of piperidine rings is 1. The first-order valence-corrected chi connectivity index (χ1v) is 11.8. The van der Waals surface area contributed by atoms with Crippen LogP contribution in [0.3, 0.4) is 0 Å². The second-order valence-electron chi connectivity index (χ2n) is 8.37. The molecule has 4 rings (SSSR count). The van der Waals surface area contributed by atoms with Crippen molar-refractivity contribution in [2.75, 3.05) is 33.3 Å². The van der Waals surface area contributed by atoms with Gasteiger partial charge in [-0.05, 0) is 56.2 Å². The van der Waals surface area contributed by atoms with Crippen molar-refractivity contribution in [1.82, 2.24) is 19.6 Å². The highest BCUT2D eigenvalue weighted by Crippen LogP contribution is 2.26. The Kier molecular flexibility index (Phi) is 7.55. The van der Waals surface area contributed by atoms with Gasteiger partial charge in [0, 0.05) is 31.2 Å². The van der Waals surface area contributed by atoms with Crippen molar-refractivity contribution in [3.8, 4) is 17.1 Å². The lowest BCUT2D eigenvalue weighted by molar-refractivity contribution is -0.151. The Morgan fingerprint density at radius 2 is 2.00 bits per heavy atom. The summed E-state index contributed by atoms with van der Waals surface area (Å²) in [6.45, 7) is 2.79. The number of rotatable bonds is 7. The van der Waals surface area contributed by atoms with Crippen LogP contribution in [0.2, 0.25) is 5.02 Å². The summed E-state index contributed by atoms with van der Waals surface area (Å²) >= 11 is 6.02. The number of ether oxygens (including phenoxy) is 1. The molecule has 1 aliphatic heterocycles. The Balaban J connectivity index is 1.50. The molecule has 0 radical (unpaired) electrons. The van der Waals surface area contributed by atoms with Crippen LogP contribution in [0.1, 0.15) is 30.3 Å². The average Bonchev–Trinajstić information content (AvgIpc) is 3.54. The van der Waals surface area contributed by atoms with Crippen molar-refractivity contribution in [3.05, 3.63) is 59.4 Å². The number of nitrogens with zero attached hydrogens (tertiary/aromatic N) is 4. The fourth-order valence-electron chi connectivity index (χ4n) is 4.09. The van der Waals surface area contributed by atoms with E-state index in [0.29, 0.717) is 54.7 Å². The molecule has 1 aromatic carbocycles. The summed E-state index contributed by atoms with van der Waals surface area (Å²) in [6, 6.07) is 12.2. The number of likely N-dealkylation sites (N-methyl/N-ethyl adjacent to an activating group) is 1. The molecule has 184 valence electrons. The Morgan fingerprint density at radius 1 is 1.23 bits per heavy atom. The van der Waals surface area contributed by atoms with E-state index in [1.54, 1.807) is 72.3 Å². The predicted molar refractivity (Wildman–Crippen MR) is 129 cm³/mol. The molecule has 3 heterocycles. The van der Waals surface area contributed by atoms with Crippen LogP contribution in [0.25, 0.3) is 17.1 Å². The summed E-state index contributed by atoms with van der Waals surface area (Å²) in [4.78, 5) is 41.2. The zero-order valence-corrected chi connectivity index (χ0v) is 20.4. The van der Waals surface area contributed by atoms with Crippen LogP contribution in [-0.2, 0) is 14.3 Å². The van der Waals surface area contributed by atoms with Gasteiger partial charge in [-0.3, -0.25) is 14.4 Å². The van der Waals surface area contributed by atoms with Crippen LogP contribution in [0.4, 0.5) is 0 Å². The SMILES string of the molecule is CCOC(=O)C1CCCN(C(=O)CN(C)C(=O)c2cc(-c3ccco3)n(-c3ccc(Cl)cc3)n2)C1. The van der Waals surface area contributed by atoms with Gasteiger partial charge in [-0.15, -0.1) is 0 Å². The molecule has 1 saturated heterocycles. The van der Waals surface area contributed by atoms with Gasteiger partial charge in [0.1, 0.15) is 5.69 Å². The molecular weight excluding hydrogens is 472 g/mol. The Morgan fingerprint density at radius 3 is 2.69 bits per heavy atom. The van der Waals surface area contributed by atoms with Gasteiger partial charge in [0.05, 0.1) is 31.0 Å². The maximum atomic E-state index is 13.2. The molecule has 2 aromatic heterocycles. The maximum absolute atomic E-state index is 13.2. The number of benzene rings is 1. The van der Waals surface area contributed by atoms with Gasteiger partial charge in [-0.25, -0.2) is 4.68 Å². The maximum Gasteiger partial charge on any atom is 0.310 e. The lowest BCUT2D eigenvalue weighted by atomic mass is 9.98. The van der Waals surface area contributed by atoms with Crippen LogP contribution in [0.15, 0.2) is 53.1 Å². The van der Waals surface area contributed by atoms with Gasteiger partial charge < -0.3 is 19.0 Å². The van der Waals surface area contributed by atoms with Crippen LogP contribution in [-0.4, -0.2) is 70.7 Å². The van der Waals surface area contributed by atoms with Crippen LogP contribution in [0, 0.1) is 5.92 Å². The van der Waals surface area contributed by atoms with Crippen LogP contribution < -0.4 is 0 Å². The second kappa shape index (κ2) is 10.8. The highest BCUT2D eigenvalue weighted by Gasteiger charge is 2.30. The van der Waals surface area contributed by atoms with Gasteiger partial charge in [-0.2, -0.15) is 5.10 Å². The molecule has 3 aromatic rings. The quantitative estimate of drug-likeness (QED) is 0.461. The third-order valence-electron chi connectivity index (χ3n) is 5.89. The standard InChI is InChI=1S/C25H27ClN4O5/c1-3-34-25(33)17-6-4-12-29(15-17)23(31)16-28(2)24(32)20-14-21(22-7-5-13-35-22)30(27-20)19-10-8-18(26)9-11-19/h5,7-11,13-14,17H,3-4,6,12,15-16H2,1-2H3. The minimum atomic E-state index is -0.405. The largest absolute Gasteiger partial charge is 0.466 e. The molecule has 0 saturated carbocycles. The van der Waals surface area contributed by atoms with E-state index in [1.165, 1.54) is 4.90 Å². The number of carbonyl (C=O) groups excluding carboxylic acids is 3. The van der Waals surface area contributed by atoms with E-state index in [-0.39, 0.29) is 30.0 Å². The molecule has 2 amide bonds. The first-order valence-electron chi connectivity index (χ1n) is 11.5. The zero-order chi connectivity index (χ0) is 24.9. The number of halogens is 1. The molecule has 1 fully saturated rings. The van der Waals surface area contributed by atoms with Crippen molar-refractivity contribution < 1.29 is 23.5 Å². The molecular formula is C25H27ClN4O5. The number of hydrogen-bond acceptors (Lipinski definition) is 6. The van der Waals surface area contributed by atoms with E-state index in [9.17, 15) is 14.4 Å². The molecule has 0 spiro atoms. The smallest absolute Gasteiger partial charge is 0.310 e. The summed E-state index contributed by atoms with van der Waals surface area (Å²) < 4.78 is 12.2. The van der Waals surface area contributed by atoms with Crippen molar-refractivity contribution in [2.24, 2.45) is 5.92 Å². The number of aromatic nitrogens is 2. The molecule has 1 aliphatic rings. The summed E-state index contributed by atoms with van der Waals surface area (Å²) in [7, 11) is 1.56. The third kappa shape index (κ3) is 5.57. The van der Waals surface area contributed by atoms with E-state index in [1.807, 2.05) is 0 Å². The molecule has 0 aliphatic carbocycles. The van der Waals surface area contributed by atoms with E-state index in [2.05, 4.69) is 5.10 Å². The molecule has 10 heteroatoms. The number of esters is 1. The third-order valence-corrected chi connectivity index (χ3v) is 6.14. The summed E-state index contributed by atoms with van der Waals surface area (Å²) in [5.41, 5.74) is 1.47. The molecule has 1 atom stereocenters. The van der Waals surface area contributed by atoms with E-state index in [4.69, 9.17) is 20.8 Å². The average molecular weight is 499 g/mol. The number of furan rings is 1. The zero-order valence-electron chi connectivity index (χ0n) is 19.6. The summed E-state index contributed by atoms with van der Waals surface area (Å²) in [5, 5.41) is 5.08. The fourth-order valence-corrected chi connectivity index (χ4v) is 4.22. The summed E-state index contributed by atoms with van der Waals surface area (Å²) in [6.07, 6.45) is 2.95. The minimum absolute atomic E-state index is 0.127. The first-order chi connectivity index (χ1) is 16.9. The van der Waals surface area contributed by atoms with Gasteiger partial charge in [0.25, 0.3) is 5.91 Å². The van der Waals surface area contributed by atoms with E-state index in [0.717, 1.165) is 0 Å². The number of amides is 2. The Hall–Kier alpha value is -3.59. The molecule has 0 bridgehead atoms. The van der Waals surface area contributed by atoms with Crippen molar-refractivity contribution in [3.63, 3.8) is 0 Å². The van der Waals surface area contributed by atoms with E-state index < -0.39 is 5.91 Å². The second-order valence-corrected chi connectivity index (χ2v) is 8.81. The minimum Gasteiger partial charge on any atom is -0.466 e. The first kappa shape index (κ1) is 24.5. The molecule has 9 nitrogen and oxygen atoms in total. The van der Waals surface area contributed by atoms with Gasteiger partial charge in [0.15, 0.2) is 11.5 Å². The normalized spacial score (nSPS) is 15.6. The highest BCUT2D eigenvalue weighted by molar-refractivity contribution is 6.30. The number of carbonyl (C=O) groups is 3. The molecule has 0 N–H and O–H groups in total. The van der Waals surface area contributed by atoms with Crippen LogP contribution >= 0.6 is 11.6 Å². The lowest BCUT2D eigenvalue weighted by Crippen LogP contribution is -2.47. The van der Waals surface area contributed by atoms with Crippen molar-refractivity contribution in [1.29, 1.82) is 0 Å². The Labute approximate surface area is 208 Å². The molecule has 1 unspecified atom stereocenters. The fraction of sp³-hybridized carbons (Fsp3) is 0.360. The van der Waals surface area contributed by atoms with Crippen LogP contribution in [0.5, 0.6) is 0 Å². The lowest BCUT2D eigenvalue weighted by Gasteiger charge is -2.32. The summed E-state index contributed by atoms with van der Waals surface area (Å²) in [5.74, 6) is -0.702.